The van der Waals surface area contributed by atoms with E-state index in [0.717, 1.165) is 4.47 Å². The molecule has 0 aliphatic carbocycles. The van der Waals surface area contributed by atoms with Crippen molar-refractivity contribution < 1.29 is 14.3 Å². The number of nitrogens with one attached hydrogen (secondary N) is 1. The predicted octanol–water partition coefficient (Wildman–Crippen LogP) is 2.76. The summed E-state index contributed by atoms with van der Waals surface area (Å²) in [6.45, 7) is 6.83. The van der Waals surface area contributed by atoms with Gasteiger partial charge >= 0.3 is 6.09 Å². The summed E-state index contributed by atoms with van der Waals surface area (Å²) in [5, 5.41) is 12.9. The Kier molecular flexibility index (Phi) is 5.39. The van der Waals surface area contributed by atoms with Gasteiger partial charge in [0.15, 0.2) is 5.58 Å². The minimum absolute atomic E-state index is 0.118. The number of pyridine rings is 1. The Labute approximate surface area is 148 Å². The number of aryl methyl sites for hydroxylation is 1. The molecule has 0 radical (unpaired) electrons. The van der Waals surface area contributed by atoms with Crippen molar-refractivity contribution in [3.63, 3.8) is 0 Å². The number of rotatable bonds is 5. The summed E-state index contributed by atoms with van der Waals surface area (Å²) in [6.07, 6.45) is 0.722. The van der Waals surface area contributed by atoms with Crippen LogP contribution in [0.2, 0.25) is 0 Å². The molecule has 0 unspecified atom stereocenters. The molecule has 2 rings (SSSR count). The second-order valence-electron chi connectivity index (χ2n) is 6.63. The van der Waals surface area contributed by atoms with Crippen molar-refractivity contribution in [2.45, 2.75) is 32.9 Å². The molecule has 0 aromatic carbocycles. The van der Waals surface area contributed by atoms with E-state index in [1.807, 2.05) is 20.8 Å². The maximum absolute atomic E-state index is 12.1. The van der Waals surface area contributed by atoms with Gasteiger partial charge in [-0.3, -0.25) is 4.79 Å². The highest BCUT2D eigenvalue weighted by atomic mass is 79.9. The van der Waals surface area contributed by atoms with Gasteiger partial charge in [-0.1, -0.05) is 0 Å². The van der Waals surface area contributed by atoms with Crippen LogP contribution in [0.1, 0.15) is 26.5 Å². The first-order valence-electron chi connectivity index (χ1n) is 7.60. The molecule has 0 spiro atoms. The van der Waals surface area contributed by atoms with Gasteiger partial charge in [-0.15, -0.1) is 0 Å². The molecule has 1 amide bonds. The highest BCUT2D eigenvalue weighted by Gasteiger charge is 2.25. The number of hydrogen-bond acceptors (Lipinski definition) is 4. The minimum Gasteiger partial charge on any atom is -0.465 e. The van der Waals surface area contributed by atoms with Gasteiger partial charge in [0.2, 0.25) is 0 Å². The summed E-state index contributed by atoms with van der Waals surface area (Å²) in [5.41, 5.74) is -0.0473. The fraction of sp³-hybridized carbons (Fsp3) is 0.500. The number of nitrogens with zero attached hydrogens (tertiary/aromatic N) is 2. The molecule has 0 saturated heterocycles. The molecule has 24 heavy (non-hydrogen) atoms. The molecule has 0 saturated carbocycles. The van der Waals surface area contributed by atoms with E-state index in [2.05, 4.69) is 21.2 Å². The fourth-order valence-electron chi connectivity index (χ4n) is 2.46. The molecule has 2 aromatic heterocycles. The van der Waals surface area contributed by atoms with Crippen molar-refractivity contribution in [1.82, 2.24) is 14.8 Å². The van der Waals surface area contributed by atoms with Gasteiger partial charge in [0.1, 0.15) is 5.76 Å². The van der Waals surface area contributed by atoms with Gasteiger partial charge in [-0.05, 0) is 42.8 Å². The van der Waals surface area contributed by atoms with Crippen LogP contribution in [0, 0.1) is 0 Å². The second-order valence-corrected chi connectivity index (χ2v) is 7.48. The lowest BCUT2D eigenvalue weighted by molar-refractivity contribution is 0.101. The quantitative estimate of drug-likeness (QED) is 0.754. The van der Waals surface area contributed by atoms with E-state index < -0.39 is 11.6 Å². The van der Waals surface area contributed by atoms with Crippen LogP contribution in [0.15, 0.2) is 25.9 Å². The third-order valence-electron chi connectivity index (χ3n) is 3.71. The van der Waals surface area contributed by atoms with Gasteiger partial charge < -0.3 is 24.3 Å². The topological polar surface area (TPSA) is 87.7 Å². The van der Waals surface area contributed by atoms with Crippen LogP contribution in [0.3, 0.4) is 0 Å². The molecule has 7 nitrogen and oxygen atoms in total. The molecule has 0 aliphatic rings. The van der Waals surface area contributed by atoms with Crippen LogP contribution >= 0.6 is 15.9 Å². The number of carbonyl (C=O) groups is 1. The molecule has 0 fully saturated rings. The summed E-state index contributed by atoms with van der Waals surface area (Å²) >= 11 is 3.39. The zero-order chi connectivity index (χ0) is 18.1. The van der Waals surface area contributed by atoms with Crippen LogP contribution in [0.25, 0.3) is 11.0 Å². The number of halogens is 1. The van der Waals surface area contributed by atoms with Crippen molar-refractivity contribution >= 4 is 33.0 Å². The highest BCUT2D eigenvalue weighted by Crippen LogP contribution is 2.24. The van der Waals surface area contributed by atoms with E-state index in [1.54, 1.807) is 19.3 Å². The Balaban J connectivity index is 2.02. The van der Waals surface area contributed by atoms with Crippen LogP contribution in [0.5, 0.6) is 0 Å². The van der Waals surface area contributed by atoms with Gasteiger partial charge in [-0.25, -0.2) is 4.79 Å². The number of hydrogen-bond donors (Lipinski definition) is 2. The first-order valence-corrected chi connectivity index (χ1v) is 8.39. The van der Waals surface area contributed by atoms with E-state index in [0.29, 0.717) is 36.4 Å². The van der Waals surface area contributed by atoms with E-state index in [9.17, 15) is 14.7 Å². The Morgan fingerprint density at radius 2 is 2.12 bits per heavy atom. The first kappa shape index (κ1) is 18.5. The van der Waals surface area contributed by atoms with Crippen molar-refractivity contribution in [3.8, 4) is 0 Å². The summed E-state index contributed by atoms with van der Waals surface area (Å²) in [5.74, 6) is 0.631. The average Bonchev–Trinajstić information content (AvgIpc) is 2.87. The lowest BCUT2D eigenvalue weighted by atomic mass is 10.1. The fourth-order valence-corrected chi connectivity index (χ4v) is 3.06. The number of furan rings is 1. The zero-order valence-electron chi connectivity index (χ0n) is 14.2. The van der Waals surface area contributed by atoms with E-state index in [-0.39, 0.29) is 5.56 Å². The van der Waals surface area contributed by atoms with Crippen LogP contribution < -0.4 is 10.9 Å². The van der Waals surface area contributed by atoms with Crippen LogP contribution in [0.4, 0.5) is 4.79 Å². The van der Waals surface area contributed by atoms with Gasteiger partial charge in [0.25, 0.3) is 5.56 Å². The van der Waals surface area contributed by atoms with Gasteiger partial charge in [0, 0.05) is 31.9 Å². The van der Waals surface area contributed by atoms with Gasteiger partial charge in [-0.2, -0.15) is 0 Å². The number of fused-ring (bicyclic) bond motifs is 1. The van der Waals surface area contributed by atoms with Gasteiger partial charge in [0.05, 0.1) is 16.4 Å². The van der Waals surface area contributed by atoms with Crippen molar-refractivity contribution in [2.24, 2.45) is 7.05 Å². The number of carboxylic acid groups (broad SMARTS) is 1. The largest absolute Gasteiger partial charge is 0.465 e. The summed E-state index contributed by atoms with van der Waals surface area (Å²) in [6, 6.07) is 1.72. The maximum atomic E-state index is 12.1. The van der Waals surface area contributed by atoms with Crippen molar-refractivity contribution in [2.75, 3.05) is 13.1 Å². The SMILES string of the molecule is Cn1cc(Br)c2oc(CNCCN(C(=O)O)C(C)(C)C)cc2c1=O. The normalized spacial score (nSPS) is 11.9. The molecular formula is C16H22BrN3O4. The third kappa shape index (κ3) is 3.99. The van der Waals surface area contributed by atoms with E-state index >= 15 is 0 Å². The Morgan fingerprint density at radius 1 is 1.46 bits per heavy atom. The average molecular weight is 400 g/mol. The molecule has 0 aliphatic heterocycles. The smallest absolute Gasteiger partial charge is 0.407 e. The number of aromatic nitrogens is 1. The molecule has 2 aromatic rings. The summed E-state index contributed by atoms with van der Waals surface area (Å²) in [7, 11) is 1.68. The summed E-state index contributed by atoms with van der Waals surface area (Å²) < 4.78 is 7.92. The van der Waals surface area contributed by atoms with Crippen molar-refractivity contribution in [3.05, 3.63) is 32.8 Å². The standard InChI is InChI=1S/C16H22BrN3O4/c1-16(2,3)20(15(22)23)6-5-18-8-10-7-11-13(24-10)12(17)9-19(4)14(11)21/h7,9,18H,5-6,8H2,1-4H3,(H,22,23). The lowest BCUT2D eigenvalue weighted by Crippen LogP contribution is -2.47. The molecular weight excluding hydrogens is 378 g/mol. The Hall–Kier alpha value is -1.80. The zero-order valence-corrected chi connectivity index (χ0v) is 15.8. The van der Waals surface area contributed by atoms with E-state index in [1.165, 1.54) is 9.47 Å². The second kappa shape index (κ2) is 6.98. The maximum Gasteiger partial charge on any atom is 0.407 e. The highest BCUT2D eigenvalue weighted by molar-refractivity contribution is 9.10. The summed E-state index contributed by atoms with van der Waals surface area (Å²) in [4.78, 5) is 24.7. The Bertz CT molecular complexity index is 804. The van der Waals surface area contributed by atoms with E-state index in [4.69, 9.17) is 4.42 Å². The first-order chi connectivity index (χ1) is 11.1. The van der Waals surface area contributed by atoms with Crippen molar-refractivity contribution in [1.29, 1.82) is 0 Å². The molecule has 132 valence electrons. The van der Waals surface area contributed by atoms with Crippen LogP contribution in [-0.2, 0) is 13.6 Å². The number of amides is 1. The molecule has 2 heterocycles. The van der Waals surface area contributed by atoms with Crippen LogP contribution in [-0.4, -0.2) is 39.3 Å². The minimum atomic E-state index is -0.944. The Morgan fingerprint density at radius 3 is 2.71 bits per heavy atom. The molecule has 2 N–H and O–H groups in total. The predicted molar refractivity (Wildman–Crippen MR) is 95.3 cm³/mol. The monoisotopic (exact) mass is 399 g/mol. The third-order valence-corrected chi connectivity index (χ3v) is 4.27. The lowest BCUT2D eigenvalue weighted by Gasteiger charge is -2.33. The molecule has 0 atom stereocenters. The molecule has 8 heteroatoms. The molecule has 0 bridgehead atoms.